The Balaban J connectivity index is 2.50. The highest BCUT2D eigenvalue weighted by atomic mass is 19.1. The number of rotatable bonds is 7. The standard InChI is InChI=1S/C15H25FN2O/c1-11-5-6-13(9-14(11)16)15(17)7-8-18(3)12(2)10-19-4/h5-6,9,12,15H,7-8,10,17H2,1-4H3. The molecule has 108 valence electrons. The maximum Gasteiger partial charge on any atom is 0.126 e. The van der Waals surface area contributed by atoms with Crippen molar-refractivity contribution in [1.82, 2.24) is 4.90 Å². The van der Waals surface area contributed by atoms with Crippen molar-refractivity contribution in [2.75, 3.05) is 27.3 Å². The van der Waals surface area contributed by atoms with Crippen LogP contribution in [0.3, 0.4) is 0 Å². The van der Waals surface area contributed by atoms with Gasteiger partial charge in [0, 0.05) is 25.7 Å². The first-order valence-corrected chi connectivity index (χ1v) is 6.66. The number of halogens is 1. The van der Waals surface area contributed by atoms with E-state index in [1.165, 1.54) is 0 Å². The molecule has 3 nitrogen and oxygen atoms in total. The Labute approximate surface area is 115 Å². The molecular formula is C15H25FN2O. The Morgan fingerprint density at radius 1 is 1.42 bits per heavy atom. The molecule has 2 N–H and O–H groups in total. The second kappa shape index (κ2) is 7.58. The summed E-state index contributed by atoms with van der Waals surface area (Å²) in [7, 11) is 3.75. The van der Waals surface area contributed by atoms with Gasteiger partial charge in [-0.05, 0) is 44.5 Å². The van der Waals surface area contributed by atoms with Crippen LogP contribution in [0.15, 0.2) is 18.2 Å². The fourth-order valence-corrected chi connectivity index (χ4v) is 1.94. The van der Waals surface area contributed by atoms with Crippen LogP contribution in [0.4, 0.5) is 4.39 Å². The van der Waals surface area contributed by atoms with Crippen LogP contribution in [0, 0.1) is 12.7 Å². The monoisotopic (exact) mass is 268 g/mol. The van der Waals surface area contributed by atoms with Crippen LogP contribution >= 0.6 is 0 Å². The molecular weight excluding hydrogens is 243 g/mol. The van der Waals surface area contributed by atoms with E-state index in [0.29, 0.717) is 18.2 Å². The van der Waals surface area contributed by atoms with E-state index in [2.05, 4.69) is 11.8 Å². The molecule has 0 saturated heterocycles. The van der Waals surface area contributed by atoms with Crippen molar-refractivity contribution in [2.45, 2.75) is 32.4 Å². The zero-order valence-corrected chi connectivity index (χ0v) is 12.3. The molecule has 4 heteroatoms. The molecule has 19 heavy (non-hydrogen) atoms. The Morgan fingerprint density at radius 3 is 2.68 bits per heavy atom. The molecule has 0 radical (unpaired) electrons. The number of aryl methyl sites for hydroxylation is 1. The van der Waals surface area contributed by atoms with Gasteiger partial charge in [-0.1, -0.05) is 12.1 Å². The summed E-state index contributed by atoms with van der Waals surface area (Å²) < 4.78 is 18.6. The summed E-state index contributed by atoms with van der Waals surface area (Å²) >= 11 is 0. The van der Waals surface area contributed by atoms with E-state index in [0.717, 1.165) is 18.5 Å². The van der Waals surface area contributed by atoms with Crippen LogP contribution in [-0.4, -0.2) is 38.3 Å². The molecule has 0 aliphatic rings. The van der Waals surface area contributed by atoms with Gasteiger partial charge in [-0.15, -0.1) is 0 Å². The van der Waals surface area contributed by atoms with Crippen LogP contribution in [0.1, 0.15) is 30.5 Å². The lowest BCUT2D eigenvalue weighted by atomic mass is 10.0. The largest absolute Gasteiger partial charge is 0.383 e. The van der Waals surface area contributed by atoms with E-state index < -0.39 is 0 Å². The summed E-state index contributed by atoms with van der Waals surface area (Å²) in [6, 6.07) is 5.45. The number of nitrogens with two attached hydrogens (primary N) is 1. The van der Waals surface area contributed by atoms with Gasteiger partial charge in [-0.3, -0.25) is 0 Å². The van der Waals surface area contributed by atoms with Crippen LogP contribution in [0.25, 0.3) is 0 Å². The quantitative estimate of drug-likeness (QED) is 0.825. The minimum absolute atomic E-state index is 0.132. The molecule has 0 heterocycles. The third-order valence-electron chi connectivity index (χ3n) is 3.58. The maximum atomic E-state index is 13.5. The lowest BCUT2D eigenvalue weighted by Gasteiger charge is -2.25. The van der Waals surface area contributed by atoms with Crippen molar-refractivity contribution in [3.05, 3.63) is 35.1 Å². The number of benzene rings is 1. The fraction of sp³-hybridized carbons (Fsp3) is 0.600. The first-order valence-electron chi connectivity index (χ1n) is 6.66. The summed E-state index contributed by atoms with van der Waals surface area (Å²) in [5.41, 5.74) is 7.62. The Bertz CT molecular complexity index is 398. The zero-order chi connectivity index (χ0) is 14.4. The summed E-state index contributed by atoms with van der Waals surface area (Å²) in [6.07, 6.45) is 0.799. The maximum absolute atomic E-state index is 13.5. The Kier molecular flexibility index (Phi) is 6.42. The molecule has 0 fully saturated rings. The van der Waals surface area contributed by atoms with Gasteiger partial charge in [-0.2, -0.15) is 0 Å². The topological polar surface area (TPSA) is 38.5 Å². The number of hydrogen-bond acceptors (Lipinski definition) is 3. The predicted octanol–water partition coefficient (Wildman–Crippen LogP) is 2.49. The van der Waals surface area contributed by atoms with E-state index in [9.17, 15) is 4.39 Å². The normalized spacial score (nSPS) is 14.7. The summed E-state index contributed by atoms with van der Waals surface area (Å²) in [6.45, 7) is 5.43. The zero-order valence-electron chi connectivity index (χ0n) is 12.3. The molecule has 0 aliphatic heterocycles. The molecule has 1 aromatic rings. The van der Waals surface area contributed by atoms with Crippen LogP contribution in [0.5, 0.6) is 0 Å². The van der Waals surface area contributed by atoms with E-state index in [-0.39, 0.29) is 11.9 Å². The number of likely N-dealkylation sites (N-methyl/N-ethyl adjacent to an activating group) is 1. The summed E-state index contributed by atoms with van der Waals surface area (Å²) in [4.78, 5) is 2.20. The minimum Gasteiger partial charge on any atom is -0.383 e. The van der Waals surface area contributed by atoms with Crippen molar-refractivity contribution in [3.63, 3.8) is 0 Å². The molecule has 1 aromatic carbocycles. The van der Waals surface area contributed by atoms with Crippen LogP contribution < -0.4 is 5.73 Å². The number of nitrogens with zero attached hydrogens (tertiary/aromatic N) is 1. The molecule has 0 aliphatic carbocycles. The van der Waals surface area contributed by atoms with Crippen molar-refractivity contribution in [2.24, 2.45) is 5.73 Å². The average molecular weight is 268 g/mol. The number of hydrogen-bond donors (Lipinski definition) is 1. The van der Waals surface area contributed by atoms with Crippen molar-refractivity contribution >= 4 is 0 Å². The average Bonchev–Trinajstić information content (AvgIpc) is 2.39. The molecule has 2 unspecified atom stereocenters. The molecule has 0 saturated carbocycles. The fourth-order valence-electron chi connectivity index (χ4n) is 1.94. The van der Waals surface area contributed by atoms with E-state index in [4.69, 9.17) is 10.5 Å². The molecule has 0 aromatic heterocycles. The van der Waals surface area contributed by atoms with Crippen LogP contribution in [0.2, 0.25) is 0 Å². The van der Waals surface area contributed by atoms with Gasteiger partial charge in [0.1, 0.15) is 5.82 Å². The summed E-state index contributed by atoms with van der Waals surface area (Å²) in [5, 5.41) is 0. The van der Waals surface area contributed by atoms with Gasteiger partial charge in [0.05, 0.1) is 6.61 Å². The highest BCUT2D eigenvalue weighted by Crippen LogP contribution is 2.18. The Hall–Kier alpha value is -0.970. The number of ether oxygens (including phenoxy) is 1. The highest BCUT2D eigenvalue weighted by Gasteiger charge is 2.12. The van der Waals surface area contributed by atoms with Gasteiger partial charge in [0.25, 0.3) is 0 Å². The molecule has 1 rings (SSSR count). The van der Waals surface area contributed by atoms with E-state index in [1.54, 1.807) is 26.2 Å². The third-order valence-corrected chi connectivity index (χ3v) is 3.58. The third kappa shape index (κ3) is 4.90. The van der Waals surface area contributed by atoms with Gasteiger partial charge in [0.15, 0.2) is 0 Å². The lowest BCUT2D eigenvalue weighted by Crippen LogP contribution is -2.34. The SMILES string of the molecule is COCC(C)N(C)CCC(N)c1ccc(C)c(F)c1. The van der Waals surface area contributed by atoms with Crippen LogP contribution in [-0.2, 0) is 4.74 Å². The number of methoxy groups -OCH3 is 1. The van der Waals surface area contributed by atoms with Crippen molar-refractivity contribution in [1.29, 1.82) is 0 Å². The molecule has 0 amide bonds. The van der Waals surface area contributed by atoms with Gasteiger partial charge < -0.3 is 15.4 Å². The first kappa shape index (κ1) is 16.1. The van der Waals surface area contributed by atoms with Crippen molar-refractivity contribution < 1.29 is 9.13 Å². The van der Waals surface area contributed by atoms with Gasteiger partial charge >= 0.3 is 0 Å². The van der Waals surface area contributed by atoms with E-state index >= 15 is 0 Å². The van der Waals surface area contributed by atoms with Crippen molar-refractivity contribution in [3.8, 4) is 0 Å². The first-order chi connectivity index (χ1) is 8.95. The Morgan fingerprint density at radius 2 is 2.11 bits per heavy atom. The second-order valence-electron chi connectivity index (χ2n) is 5.19. The minimum atomic E-state index is -0.186. The smallest absolute Gasteiger partial charge is 0.126 e. The van der Waals surface area contributed by atoms with Gasteiger partial charge in [-0.25, -0.2) is 4.39 Å². The highest BCUT2D eigenvalue weighted by molar-refractivity contribution is 5.25. The molecule has 2 atom stereocenters. The molecule has 0 spiro atoms. The molecule has 0 bridgehead atoms. The second-order valence-corrected chi connectivity index (χ2v) is 5.19. The van der Waals surface area contributed by atoms with Gasteiger partial charge in [0.2, 0.25) is 0 Å². The lowest BCUT2D eigenvalue weighted by molar-refractivity contribution is 0.114. The summed E-state index contributed by atoms with van der Waals surface area (Å²) in [5.74, 6) is -0.186. The van der Waals surface area contributed by atoms with E-state index in [1.807, 2.05) is 13.1 Å². The predicted molar refractivity (Wildman–Crippen MR) is 76.7 cm³/mol.